The molecule has 0 saturated heterocycles. The first-order valence-corrected chi connectivity index (χ1v) is 8.12. The van der Waals surface area contributed by atoms with E-state index in [0.29, 0.717) is 0 Å². The molecule has 0 aliphatic carbocycles. The lowest BCUT2D eigenvalue weighted by Crippen LogP contribution is -2.01. The highest BCUT2D eigenvalue weighted by molar-refractivity contribution is 9.10. The summed E-state index contributed by atoms with van der Waals surface area (Å²) in [5.74, 6) is 0.941. The van der Waals surface area contributed by atoms with Crippen molar-refractivity contribution in [3.8, 4) is 5.75 Å². The summed E-state index contributed by atoms with van der Waals surface area (Å²) in [7, 11) is 0. The van der Waals surface area contributed by atoms with Crippen LogP contribution in [-0.2, 0) is 6.54 Å². The normalized spacial score (nSPS) is 10.5. The summed E-state index contributed by atoms with van der Waals surface area (Å²) in [6.07, 6.45) is 1.03. The molecule has 1 N–H and O–H groups in total. The number of halogens is 1. The van der Waals surface area contributed by atoms with Gasteiger partial charge >= 0.3 is 0 Å². The van der Waals surface area contributed by atoms with E-state index in [-0.39, 0.29) is 0 Å². The van der Waals surface area contributed by atoms with Crippen LogP contribution in [0.4, 0.5) is 5.69 Å². The summed E-state index contributed by atoms with van der Waals surface area (Å²) in [5.41, 5.74) is 4.90. The molecule has 0 aromatic heterocycles. The van der Waals surface area contributed by atoms with Gasteiger partial charge in [0.2, 0.25) is 0 Å². The second kappa shape index (κ2) is 7.51. The molecule has 112 valence electrons. The third-order valence-electron chi connectivity index (χ3n) is 3.33. The van der Waals surface area contributed by atoms with Gasteiger partial charge in [0, 0.05) is 16.7 Å². The summed E-state index contributed by atoms with van der Waals surface area (Å²) in [5, 5.41) is 3.47. The van der Waals surface area contributed by atoms with Crippen molar-refractivity contribution < 1.29 is 4.74 Å². The minimum absolute atomic E-state index is 0.773. The Morgan fingerprint density at radius 2 is 1.67 bits per heavy atom. The third-order valence-corrected chi connectivity index (χ3v) is 4.58. The van der Waals surface area contributed by atoms with Crippen LogP contribution in [0.1, 0.15) is 30.0 Å². The van der Waals surface area contributed by atoms with Gasteiger partial charge in [0.1, 0.15) is 5.75 Å². The number of benzene rings is 2. The zero-order valence-corrected chi connectivity index (χ0v) is 14.5. The van der Waals surface area contributed by atoms with Crippen molar-refractivity contribution in [3.63, 3.8) is 0 Å². The molecule has 0 saturated carbocycles. The SMILES string of the molecule is CCCOc1ccc(CNc2cc(C)c(Br)c(C)c2)cc1. The van der Waals surface area contributed by atoms with Crippen molar-refractivity contribution in [2.24, 2.45) is 0 Å². The van der Waals surface area contributed by atoms with Crippen LogP contribution in [0.25, 0.3) is 0 Å². The van der Waals surface area contributed by atoms with E-state index in [0.717, 1.165) is 31.0 Å². The summed E-state index contributed by atoms with van der Waals surface area (Å²) in [6, 6.07) is 12.6. The highest BCUT2D eigenvalue weighted by atomic mass is 79.9. The van der Waals surface area contributed by atoms with Crippen molar-refractivity contribution >= 4 is 21.6 Å². The smallest absolute Gasteiger partial charge is 0.119 e. The average molecular weight is 348 g/mol. The van der Waals surface area contributed by atoms with Crippen LogP contribution >= 0.6 is 15.9 Å². The maximum atomic E-state index is 5.59. The minimum atomic E-state index is 0.773. The molecule has 2 nitrogen and oxygen atoms in total. The third kappa shape index (κ3) is 4.50. The predicted molar refractivity (Wildman–Crippen MR) is 93.2 cm³/mol. The molecule has 2 rings (SSSR count). The lowest BCUT2D eigenvalue weighted by molar-refractivity contribution is 0.317. The van der Waals surface area contributed by atoms with Crippen LogP contribution in [0.5, 0.6) is 5.75 Å². The Morgan fingerprint density at radius 1 is 1.05 bits per heavy atom. The minimum Gasteiger partial charge on any atom is -0.494 e. The first-order valence-electron chi connectivity index (χ1n) is 7.32. The van der Waals surface area contributed by atoms with Crippen LogP contribution in [0.2, 0.25) is 0 Å². The Kier molecular flexibility index (Phi) is 5.68. The first kappa shape index (κ1) is 15.9. The van der Waals surface area contributed by atoms with E-state index in [1.54, 1.807) is 0 Å². The van der Waals surface area contributed by atoms with Crippen molar-refractivity contribution in [1.82, 2.24) is 0 Å². The lowest BCUT2D eigenvalue weighted by Gasteiger charge is -2.11. The largest absolute Gasteiger partial charge is 0.494 e. The molecule has 3 heteroatoms. The molecule has 0 amide bonds. The van der Waals surface area contributed by atoms with Gasteiger partial charge in [-0.1, -0.05) is 35.0 Å². The topological polar surface area (TPSA) is 21.3 Å². The number of nitrogens with one attached hydrogen (secondary N) is 1. The van der Waals surface area contributed by atoms with Gasteiger partial charge < -0.3 is 10.1 Å². The molecule has 0 heterocycles. The molecular weight excluding hydrogens is 326 g/mol. The van der Waals surface area contributed by atoms with E-state index >= 15 is 0 Å². The number of anilines is 1. The van der Waals surface area contributed by atoms with Gasteiger partial charge in [-0.2, -0.15) is 0 Å². The summed E-state index contributed by atoms with van der Waals surface area (Å²) in [6.45, 7) is 7.92. The van der Waals surface area contributed by atoms with E-state index in [2.05, 4.69) is 66.3 Å². The fourth-order valence-electron chi connectivity index (χ4n) is 2.18. The fourth-order valence-corrected chi connectivity index (χ4v) is 2.40. The van der Waals surface area contributed by atoms with Gasteiger partial charge in [0.15, 0.2) is 0 Å². The molecule has 0 radical (unpaired) electrons. The maximum Gasteiger partial charge on any atom is 0.119 e. The Bertz CT molecular complexity index is 570. The van der Waals surface area contributed by atoms with Crippen LogP contribution < -0.4 is 10.1 Å². The van der Waals surface area contributed by atoms with Crippen LogP contribution in [0.3, 0.4) is 0 Å². The summed E-state index contributed by atoms with van der Waals surface area (Å²) in [4.78, 5) is 0. The number of hydrogen-bond acceptors (Lipinski definition) is 2. The van der Waals surface area contributed by atoms with Crippen LogP contribution in [0.15, 0.2) is 40.9 Å². The van der Waals surface area contributed by atoms with Gasteiger partial charge in [-0.3, -0.25) is 0 Å². The molecule has 0 unspecified atom stereocenters. The second-order valence-corrected chi connectivity index (χ2v) is 6.06. The van der Waals surface area contributed by atoms with Gasteiger partial charge in [-0.15, -0.1) is 0 Å². The van der Waals surface area contributed by atoms with Gasteiger partial charge in [-0.05, 0) is 61.2 Å². The summed E-state index contributed by atoms with van der Waals surface area (Å²) >= 11 is 3.60. The van der Waals surface area contributed by atoms with E-state index in [4.69, 9.17) is 4.74 Å². The molecule has 0 spiro atoms. The van der Waals surface area contributed by atoms with Crippen LogP contribution in [0, 0.1) is 13.8 Å². The Labute approximate surface area is 135 Å². The lowest BCUT2D eigenvalue weighted by atomic mass is 10.1. The number of ether oxygens (including phenoxy) is 1. The molecule has 0 bridgehead atoms. The predicted octanol–water partition coefficient (Wildman–Crippen LogP) is 5.47. The number of rotatable bonds is 6. The quantitative estimate of drug-likeness (QED) is 0.748. The molecule has 0 aliphatic rings. The molecule has 2 aromatic rings. The molecular formula is C18H22BrNO. The maximum absolute atomic E-state index is 5.59. The standard InChI is InChI=1S/C18H22BrNO/c1-4-9-21-17-7-5-15(6-8-17)12-20-16-10-13(2)18(19)14(3)11-16/h5-8,10-11,20H,4,9,12H2,1-3H3. The number of aryl methyl sites for hydroxylation is 2. The van der Waals surface area contributed by atoms with Crippen LogP contribution in [-0.4, -0.2) is 6.61 Å². The molecule has 0 atom stereocenters. The zero-order chi connectivity index (χ0) is 15.2. The van der Waals surface area contributed by atoms with Gasteiger partial charge in [0.05, 0.1) is 6.61 Å². The fraction of sp³-hybridized carbons (Fsp3) is 0.333. The first-order chi connectivity index (χ1) is 10.1. The summed E-state index contributed by atoms with van der Waals surface area (Å²) < 4.78 is 6.78. The Morgan fingerprint density at radius 3 is 2.24 bits per heavy atom. The molecule has 21 heavy (non-hydrogen) atoms. The van der Waals surface area contributed by atoms with E-state index in [9.17, 15) is 0 Å². The van der Waals surface area contributed by atoms with E-state index in [1.165, 1.54) is 21.2 Å². The van der Waals surface area contributed by atoms with Crippen molar-refractivity contribution in [2.45, 2.75) is 33.7 Å². The van der Waals surface area contributed by atoms with E-state index in [1.807, 2.05) is 12.1 Å². The van der Waals surface area contributed by atoms with Crippen molar-refractivity contribution in [2.75, 3.05) is 11.9 Å². The highest BCUT2D eigenvalue weighted by Gasteiger charge is 2.02. The average Bonchev–Trinajstić information content (AvgIpc) is 2.49. The van der Waals surface area contributed by atoms with Gasteiger partial charge in [-0.25, -0.2) is 0 Å². The molecule has 0 aliphatic heterocycles. The number of hydrogen-bond donors (Lipinski definition) is 1. The monoisotopic (exact) mass is 347 g/mol. The van der Waals surface area contributed by atoms with Crippen molar-refractivity contribution in [3.05, 3.63) is 57.6 Å². The molecule has 0 fully saturated rings. The van der Waals surface area contributed by atoms with E-state index < -0.39 is 0 Å². The Hall–Kier alpha value is -1.48. The van der Waals surface area contributed by atoms with Crippen molar-refractivity contribution in [1.29, 1.82) is 0 Å². The molecule has 2 aromatic carbocycles. The Balaban J connectivity index is 1.96. The zero-order valence-electron chi connectivity index (χ0n) is 12.9. The second-order valence-electron chi connectivity index (χ2n) is 5.27. The highest BCUT2D eigenvalue weighted by Crippen LogP contribution is 2.25. The van der Waals surface area contributed by atoms with Gasteiger partial charge in [0.25, 0.3) is 0 Å².